The van der Waals surface area contributed by atoms with Crippen LogP contribution in [0.25, 0.3) is 0 Å². The third-order valence-corrected chi connectivity index (χ3v) is 4.21. The molecule has 3 rings (SSSR count). The minimum absolute atomic E-state index is 0.0452. The molecule has 3 aromatic rings. The Morgan fingerprint density at radius 1 is 0.846 bits per heavy atom. The SMILES string of the molecule is N/C(=N/OC(=O)C(c1ccccc1)c1ccccc1)c1ccccc1Cl. The van der Waals surface area contributed by atoms with Gasteiger partial charge in [0.2, 0.25) is 0 Å². The second kappa shape index (κ2) is 8.32. The summed E-state index contributed by atoms with van der Waals surface area (Å²) in [5.41, 5.74) is 8.05. The van der Waals surface area contributed by atoms with Gasteiger partial charge >= 0.3 is 5.97 Å². The van der Waals surface area contributed by atoms with Gasteiger partial charge in [-0.15, -0.1) is 0 Å². The number of nitrogens with two attached hydrogens (primary N) is 1. The predicted octanol–water partition coefficient (Wildman–Crippen LogP) is 4.34. The smallest absolute Gasteiger partial charge is 0.346 e. The summed E-state index contributed by atoms with van der Waals surface area (Å²) < 4.78 is 0. The number of amidine groups is 1. The number of oxime groups is 1. The molecule has 0 radical (unpaired) electrons. The van der Waals surface area contributed by atoms with Crippen LogP contribution in [0, 0.1) is 0 Å². The zero-order valence-corrected chi connectivity index (χ0v) is 14.6. The molecule has 4 nitrogen and oxygen atoms in total. The fraction of sp³-hybridized carbons (Fsp3) is 0.0476. The maximum atomic E-state index is 12.7. The van der Waals surface area contributed by atoms with E-state index in [9.17, 15) is 4.79 Å². The van der Waals surface area contributed by atoms with Crippen LogP contribution in [0.15, 0.2) is 90.1 Å². The number of nitrogens with zero attached hydrogens (tertiary/aromatic N) is 1. The Bertz CT molecular complexity index is 872. The quantitative estimate of drug-likeness (QED) is 0.317. The monoisotopic (exact) mass is 364 g/mol. The van der Waals surface area contributed by atoms with E-state index in [4.69, 9.17) is 22.2 Å². The van der Waals surface area contributed by atoms with Crippen molar-refractivity contribution in [1.82, 2.24) is 0 Å². The van der Waals surface area contributed by atoms with Crippen LogP contribution < -0.4 is 5.73 Å². The Kier molecular flexibility index (Phi) is 5.66. The van der Waals surface area contributed by atoms with Crippen LogP contribution in [0.3, 0.4) is 0 Å². The molecule has 3 aromatic carbocycles. The van der Waals surface area contributed by atoms with Gasteiger partial charge in [-0.1, -0.05) is 89.6 Å². The number of hydrogen-bond donors (Lipinski definition) is 1. The first-order valence-electron chi connectivity index (χ1n) is 8.06. The van der Waals surface area contributed by atoms with Gasteiger partial charge in [0.1, 0.15) is 5.92 Å². The van der Waals surface area contributed by atoms with Crippen molar-refractivity contribution in [2.45, 2.75) is 5.92 Å². The van der Waals surface area contributed by atoms with Crippen LogP contribution in [0.4, 0.5) is 0 Å². The fourth-order valence-electron chi connectivity index (χ4n) is 2.62. The van der Waals surface area contributed by atoms with Crippen molar-refractivity contribution < 1.29 is 9.63 Å². The van der Waals surface area contributed by atoms with Gasteiger partial charge in [0.05, 0.1) is 5.02 Å². The summed E-state index contributed by atoms with van der Waals surface area (Å²) >= 11 is 6.09. The van der Waals surface area contributed by atoms with E-state index in [1.807, 2.05) is 60.7 Å². The highest BCUT2D eigenvalue weighted by molar-refractivity contribution is 6.34. The third-order valence-electron chi connectivity index (χ3n) is 3.89. The number of carbonyl (C=O) groups excluding carboxylic acids is 1. The first kappa shape index (κ1) is 17.7. The lowest BCUT2D eigenvalue weighted by Crippen LogP contribution is -2.19. The average molecular weight is 365 g/mol. The molecule has 0 aliphatic heterocycles. The zero-order valence-electron chi connectivity index (χ0n) is 13.9. The standard InChI is InChI=1S/C21H17ClN2O2/c22-18-14-8-7-13-17(18)20(23)24-26-21(25)19(15-9-3-1-4-10-15)16-11-5-2-6-12-16/h1-14,19H,(H2,23,24). The third kappa shape index (κ3) is 4.10. The van der Waals surface area contributed by atoms with Gasteiger partial charge in [-0.05, 0) is 23.3 Å². The number of hydrogen-bond acceptors (Lipinski definition) is 3. The lowest BCUT2D eigenvalue weighted by molar-refractivity contribution is -0.144. The van der Waals surface area contributed by atoms with Crippen LogP contribution in [-0.2, 0) is 9.63 Å². The highest BCUT2D eigenvalue weighted by Crippen LogP contribution is 2.26. The fourth-order valence-corrected chi connectivity index (χ4v) is 2.85. The van der Waals surface area contributed by atoms with E-state index >= 15 is 0 Å². The summed E-state index contributed by atoms with van der Waals surface area (Å²) in [4.78, 5) is 17.9. The molecule has 0 aromatic heterocycles. The lowest BCUT2D eigenvalue weighted by atomic mass is 9.91. The van der Waals surface area contributed by atoms with Gasteiger partial charge in [-0.2, -0.15) is 0 Å². The number of rotatable bonds is 5. The first-order valence-corrected chi connectivity index (χ1v) is 8.43. The maximum Gasteiger partial charge on any atom is 0.346 e. The topological polar surface area (TPSA) is 64.7 Å². The number of carbonyl (C=O) groups is 1. The molecule has 0 aliphatic rings. The molecule has 130 valence electrons. The molecular weight excluding hydrogens is 348 g/mol. The summed E-state index contributed by atoms with van der Waals surface area (Å²) in [6.45, 7) is 0. The van der Waals surface area contributed by atoms with Gasteiger partial charge in [-0.25, -0.2) is 4.79 Å². The summed E-state index contributed by atoms with van der Waals surface area (Å²) in [7, 11) is 0. The van der Waals surface area contributed by atoms with Crippen molar-refractivity contribution in [2.75, 3.05) is 0 Å². The van der Waals surface area contributed by atoms with Crippen molar-refractivity contribution in [3.05, 3.63) is 107 Å². The molecule has 0 bridgehead atoms. The van der Waals surface area contributed by atoms with Crippen molar-refractivity contribution >= 4 is 23.4 Å². The second-order valence-electron chi connectivity index (χ2n) is 5.62. The molecule has 0 saturated carbocycles. The molecule has 0 heterocycles. The summed E-state index contributed by atoms with van der Waals surface area (Å²) in [6, 6.07) is 25.8. The number of halogens is 1. The van der Waals surface area contributed by atoms with E-state index in [2.05, 4.69) is 5.16 Å². The molecule has 0 saturated heterocycles. The van der Waals surface area contributed by atoms with E-state index in [0.717, 1.165) is 11.1 Å². The molecule has 0 spiro atoms. The van der Waals surface area contributed by atoms with Crippen molar-refractivity contribution in [3.8, 4) is 0 Å². The van der Waals surface area contributed by atoms with Crippen LogP contribution in [0.1, 0.15) is 22.6 Å². The van der Waals surface area contributed by atoms with Crippen LogP contribution in [-0.4, -0.2) is 11.8 Å². The van der Waals surface area contributed by atoms with Crippen molar-refractivity contribution in [2.24, 2.45) is 10.9 Å². The molecule has 2 N–H and O–H groups in total. The van der Waals surface area contributed by atoms with Gasteiger partial charge in [0, 0.05) is 5.56 Å². The molecule has 5 heteroatoms. The zero-order chi connectivity index (χ0) is 18.4. The largest absolute Gasteiger partial charge is 0.380 e. The lowest BCUT2D eigenvalue weighted by Gasteiger charge is -2.15. The Labute approximate surface area is 156 Å². The molecule has 0 fully saturated rings. The van der Waals surface area contributed by atoms with Crippen LogP contribution in [0.2, 0.25) is 5.02 Å². The minimum Gasteiger partial charge on any atom is -0.380 e. The normalized spacial score (nSPS) is 11.4. The summed E-state index contributed by atoms with van der Waals surface area (Å²) in [5, 5.41) is 4.22. The van der Waals surface area contributed by atoms with Gasteiger partial charge in [-0.3, -0.25) is 0 Å². The Morgan fingerprint density at radius 2 is 1.35 bits per heavy atom. The predicted molar refractivity (Wildman–Crippen MR) is 103 cm³/mol. The van der Waals surface area contributed by atoms with Gasteiger partial charge in [0.15, 0.2) is 5.84 Å². The molecule has 26 heavy (non-hydrogen) atoms. The first-order chi connectivity index (χ1) is 12.7. The Balaban J connectivity index is 1.87. The average Bonchev–Trinajstić information content (AvgIpc) is 2.68. The van der Waals surface area contributed by atoms with Crippen LogP contribution >= 0.6 is 11.6 Å². The molecule has 0 atom stereocenters. The van der Waals surface area contributed by atoms with Crippen LogP contribution in [0.5, 0.6) is 0 Å². The second-order valence-corrected chi connectivity index (χ2v) is 6.03. The van der Waals surface area contributed by atoms with Crippen molar-refractivity contribution in [3.63, 3.8) is 0 Å². The number of benzene rings is 3. The maximum absolute atomic E-state index is 12.7. The molecule has 0 unspecified atom stereocenters. The van der Waals surface area contributed by atoms with E-state index in [1.165, 1.54) is 0 Å². The summed E-state index contributed by atoms with van der Waals surface area (Å²) in [6.07, 6.45) is 0. The van der Waals surface area contributed by atoms with Crippen molar-refractivity contribution in [1.29, 1.82) is 0 Å². The van der Waals surface area contributed by atoms with E-state index < -0.39 is 11.9 Å². The van der Waals surface area contributed by atoms with E-state index in [-0.39, 0.29) is 5.84 Å². The summed E-state index contributed by atoms with van der Waals surface area (Å²) in [5.74, 6) is -1.07. The highest BCUT2D eigenvalue weighted by atomic mass is 35.5. The molecular formula is C21H17ClN2O2. The molecule has 0 amide bonds. The highest BCUT2D eigenvalue weighted by Gasteiger charge is 2.24. The Morgan fingerprint density at radius 3 is 1.88 bits per heavy atom. The Hall–Kier alpha value is -3.11. The molecule has 0 aliphatic carbocycles. The van der Waals surface area contributed by atoms with Gasteiger partial charge < -0.3 is 10.6 Å². The minimum atomic E-state index is -0.597. The van der Waals surface area contributed by atoms with E-state index in [1.54, 1.807) is 24.3 Å². The van der Waals surface area contributed by atoms with E-state index in [0.29, 0.717) is 10.6 Å². The van der Waals surface area contributed by atoms with Gasteiger partial charge in [0.25, 0.3) is 0 Å².